The van der Waals surface area contributed by atoms with Gasteiger partial charge in [0.1, 0.15) is 6.10 Å². The Balaban J connectivity index is 3.53. The molecule has 0 bridgehead atoms. The Kier molecular flexibility index (Phi) is 6.28. The second-order valence-corrected chi connectivity index (χ2v) is 3.68. The standard InChI is InChI=1S/C9H19NO3/c1-4-9(13-10(11)12)7-5-6-8(2)3/h8-9H,4-7H2,1-3H3. The Hall–Kier alpha value is -0.800. The Labute approximate surface area is 79.4 Å². The second kappa shape index (κ2) is 6.69. The minimum atomic E-state index is -0.691. The predicted octanol–water partition coefficient (Wildman–Crippen LogP) is 2.80. The van der Waals surface area contributed by atoms with Crippen LogP contribution in [0.3, 0.4) is 0 Å². The van der Waals surface area contributed by atoms with Gasteiger partial charge in [-0.1, -0.05) is 33.6 Å². The molecule has 0 N–H and O–H groups in total. The lowest BCUT2D eigenvalue weighted by Crippen LogP contribution is -2.16. The molecule has 4 heteroatoms. The molecule has 78 valence electrons. The van der Waals surface area contributed by atoms with Crippen molar-refractivity contribution in [3.05, 3.63) is 10.1 Å². The number of nitrogens with zero attached hydrogens (tertiary/aromatic N) is 1. The first-order chi connectivity index (χ1) is 6.06. The summed E-state index contributed by atoms with van der Waals surface area (Å²) < 4.78 is 0. The highest BCUT2D eigenvalue weighted by atomic mass is 17.0. The van der Waals surface area contributed by atoms with Gasteiger partial charge >= 0.3 is 0 Å². The highest BCUT2D eigenvalue weighted by Gasteiger charge is 2.10. The van der Waals surface area contributed by atoms with Gasteiger partial charge in [-0.25, -0.2) is 0 Å². The van der Waals surface area contributed by atoms with Gasteiger partial charge in [0.25, 0.3) is 5.09 Å². The fourth-order valence-corrected chi connectivity index (χ4v) is 1.21. The van der Waals surface area contributed by atoms with Crippen LogP contribution < -0.4 is 0 Å². The molecule has 1 atom stereocenters. The number of rotatable bonds is 7. The van der Waals surface area contributed by atoms with E-state index in [2.05, 4.69) is 18.7 Å². The summed E-state index contributed by atoms with van der Waals surface area (Å²) in [5.41, 5.74) is 0. The highest BCUT2D eigenvalue weighted by molar-refractivity contribution is 4.55. The zero-order valence-corrected chi connectivity index (χ0v) is 8.66. The van der Waals surface area contributed by atoms with Crippen LogP contribution in [0.4, 0.5) is 0 Å². The van der Waals surface area contributed by atoms with Crippen molar-refractivity contribution >= 4 is 0 Å². The molecule has 0 aliphatic heterocycles. The van der Waals surface area contributed by atoms with Crippen LogP contribution in [-0.2, 0) is 4.84 Å². The van der Waals surface area contributed by atoms with E-state index >= 15 is 0 Å². The summed E-state index contributed by atoms with van der Waals surface area (Å²) in [7, 11) is 0. The third-order valence-electron chi connectivity index (χ3n) is 2.00. The number of hydrogen-bond donors (Lipinski definition) is 0. The molecule has 4 nitrogen and oxygen atoms in total. The molecule has 0 heterocycles. The molecule has 0 fully saturated rings. The minimum Gasteiger partial charge on any atom is -0.311 e. The maximum atomic E-state index is 10.0. The van der Waals surface area contributed by atoms with Crippen LogP contribution in [0, 0.1) is 16.0 Å². The zero-order valence-electron chi connectivity index (χ0n) is 8.66. The van der Waals surface area contributed by atoms with Gasteiger partial charge in [0.15, 0.2) is 0 Å². The van der Waals surface area contributed by atoms with Crippen molar-refractivity contribution in [2.75, 3.05) is 0 Å². The van der Waals surface area contributed by atoms with Crippen LogP contribution in [-0.4, -0.2) is 11.2 Å². The lowest BCUT2D eigenvalue weighted by molar-refractivity contribution is -0.768. The zero-order chi connectivity index (χ0) is 10.3. The van der Waals surface area contributed by atoms with E-state index < -0.39 is 5.09 Å². The second-order valence-electron chi connectivity index (χ2n) is 3.68. The molecule has 0 saturated carbocycles. The molecule has 13 heavy (non-hydrogen) atoms. The van der Waals surface area contributed by atoms with Crippen LogP contribution >= 0.6 is 0 Å². The molecule has 1 unspecified atom stereocenters. The first kappa shape index (κ1) is 12.2. The van der Waals surface area contributed by atoms with Crippen molar-refractivity contribution in [2.24, 2.45) is 5.92 Å². The smallest absolute Gasteiger partial charge is 0.294 e. The van der Waals surface area contributed by atoms with Crippen LogP contribution in [0.1, 0.15) is 46.5 Å². The predicted molar refractivity (Wildman–Crippen MR) is 50.8 cm³/mol. The van der Waals surface area contributed by atoms with Gasteiger partial charge in [-0.05, 0) is 18.8 Å². The molecular formula is C9H19NO3. The van der Waals surface area contributed by atoms with Gasteiger partial charge in [-0.15, -0.1) is 10.1 Å². The highest BCUT2D eigenvalue weighted by Crippen LogP contribution is 2.12. The van der Waals surface area contributed by atoms with Gasteiger partial charge in [-0.2, -0.15) is 0 Å². The molecule has 0 aromatic heterocycles. The molecule has 0 spiro atoms. The molecule has 0 aromatic carbocycles. The summed E-state index contributed by atoms with van der Waals surface area (Å²) >= 11 is 0. The van der Waals surface area contributed by atoms with Crippen LogP contribution in [0.25, 0.3) is 0 Å². The normalized spacial score (nSPS) is 12.9. The minimum absolute atomic E-state index is 0.214. The van der Waals surface area contributed by atoms with E-state index in [1.807, 2.05) is 6.92 Å². The van der Waals surface area contributed by atoms with Crippen molar-refractivity contribution in [3.8, 4) is 0 Å². The van der Waals surface area contributed by atoms with Crippen molar-refractivity contribution in [1.82, 2.24) is 0 Å². The van der Waals surface area contributed by atoms with Gasteiger partial charge in [0, 0.05) is 0 Å². The SMILES string of the molecule is CCC(CCCC(C)C)O[N+](=O)[O-]. The lowest BCUT2D eigenvalue weighted by Gasteiger charge is -2.12. The third kappa shape index (κ3) is 7.56. The molecule has 0 aliphatic carbocycles. The van der Waals surface area contributed by atoms with Gasteiger partial charge in [-0.3, -0.25) is 0 Å². The monoisotopic (exact) mass is 189 g/mol. The molecule has 0 rings (SSSR count). The molecule has 0 aromatic rings. The molecule has 0 radical (unpaired) electrons. The number of hydrogen-bond acceptors (Lipinski definition) is 3. The van der Waals surface area contributed by atoms with Crippen LogP contribution in [0.15, 0.2) is 0 Å². The Bertz CT molecular complexity index is 148. The van der Waals surface area contributed by atoms with Crippen molar-refractivity contribution in [2.45, 2.75) is 52.6 Å². The van der Waals surface area contributed by atoms with Crippen molar-refractivity contribution in [1.29, 1.82) is 0 Å². The van der Waals surface area contributed by atoms with E-state index in [1.54, 1.807) is 0 Å². The van der Waals surface area contributed by atoms with E-state index in [0.29, 0.717) is 12.3 Å². The summed E-state index contributed by atoms with van der Waals surface area (Å²) in [4.78, 5) is 14.6. The van der Waals surface area contributed by atoms with Gasteiger partial charge in [0.2, 0.25) is 0 Å². The Morgan fingerprint density at radius 3 is 2.38 bits per heavy atom. The topological polar surface area (TPSA) is 52.4 Å². The maximum Gasteiger partial charge on any atom is 0.294 e. The molecule has 0 amide bonds. The summed E-state index contributed by atoms with van der Waals surface area (Å²) in [5.74, 6) is 0.660. The summed E-state index contributed by atoms with van der Waals surface area (Å²) in [6.45, 7) is 6.20. The Morgan fingerprint density at radius 1 is 1.38 bits per heavy atom. The molecular weight excluding hydrogens is 170 g/mol. The quantitative estimate of drug-likeness (QED) is 0.457. The van der Waals surface area contributed by atoms with E-state index in [-0.39, 0.29) is 6.10 Å². The molecule has 0 saturated heterocycles. The average molecular weight is 189 g/mol. The summed E-state index contributed by atoms with van der Waals surface area (Å²) in [6.07, 6.45) is 3.39. The van der Waals surface area contributed by atoms with Crippen LogP contribution in [0.2, 0.25) is 0 Å². The third-order valence-corrected chi connectivity index (χ3v) is 2.00. The van der Waals surface area contributed by atoms with Crippen LogP contribution in [0.5, 0.6) is 0 Å². The first-order valence-corrected chi connectivity index (χ1v) is 4.87. The summed E-state index contributed by atoms with van der Waals surface area (Å²) in [5, 5.41) is 9.36. The first-order valence-electron chi connectivity index (χ1n) is 4.87. The van der Waals surface area contributed by atoms with Gasteiger partial charge < -0.3 is 4.84 Å². The van der Waals surface area contributed by atoms with Gasteiger partial charge in [0.05, 0.1) is 0 Å². The van der Waals surface area contributed by atoms with E-state index in [0.717, 1.165) is 19.3 Å². The van der Waals surface area contributed by atoms with E-state index in [1.165, 1.54) is 0 Å². The fourth-order valence-electron chi connectivity index (χ4n) is 1.21. The maximum absolute atomic E-state index is 10.0. The fraction of sp³-hybridized carbons (Fsp3) is 1.00. The Morgan fingerprint density at radius 2 is 2.00 bits per heavy atom. The largest absolute Gasteiger partial charge is 0.311 e. The molecule has 0 aliphatic rings. The summed E-state index contributed by atoms with van der Waals surface area (Å²) in [6, 6.07) is 0. The average Bonchev–Trinajstić information content (AvgIpc) is 2.01. The van der Waals surface area contributed by atoms with Crippen molar-refractivity contribution in [3.63, 3.8) is 0 Å². The van der Waals surface area contributed by atoms with E-state index in [4.69, 9.17) is 0 Å². The van der Waals surface area contributed by atoms with Crippen molar-refractivity contribution < 1.29 is 9.92 Å². The lowest BCUT2D eigenvalue weighted by atomic mass is 10.0. The van der Waals surface area contributed by atoms with E-state index in [9.17, 15) is 10.1 Å².